The van der Waals surface area contributed by atoms with E-state index in [1.165, 1.54) is 0 Å². The largest absolute Gasteiger partial charge is 0.406 e. The standard InChI is InChI=1S/C10H13N5O2S/c1-6-12-10(15(16)17)9(14(6)3)11-4-8-5-18-7(2)13-8/h5,11H,4H2,1-3H3. The van der Waals surface area contributed by atoms with Gasteiger partial charge in [-0.15, -0.1) is 11.3 Å². The Morgan fingerprint density at radius 3 is 2.78 bits per heavy atom. The van der Waals surface area contributed by atoms with E-state index in [4.69, 9.17) is 0 Å². The second kappa shape index (κ2) is 4.73. The number of nitro groups is 1. The lowest BCUT2D eigenvalue weighted by molar-refractivity contribution is -0.388. The molecule has 0 spiro atoms. The maximum Gasteiger partial charge on any atom is 0.406 e. The van der Waals surface area contributed by atoms with Crippen molar-refractivity contribution in [1.29, 1.82) is 0 Å². The van der Waals surface area contributed by atoms with Crippen molar-refractivity contribution in [3.05, 3.63) is 32.0 Å². The highest BCUT2D eigenvalue weighted by molar-refractivity contribution is 7.09. The predicted octanol–water partition coefficient (Wildman–Crippen LogP) is 2.01. The molecule has 0 fully saturated rings. The molecule has 0 saturated carbocycles. The first kappa shape index (κ1) is 12.5. The maximum absolute atomic E-state index is 10.9. The molecule has 0 bridgehead atoms. The van der Waals surface area contributed by atoms with Crippen LogP contribution in [0.4, 0.5) is 11.6 Å². The van der Waals surface area contributed by atoms with Gasteiger partial charge in [0.1, 0.15) is 0 Å². The summed E-state index contributed by atoms with van der Waals surface area (Å²) in [6, 6.07) is 0. The molecular weight excluding hydrogens is 254 g/mol. The Morgan fingerprint density at radius 1 is 1.50 bits per heavy atom. The van der Waals surface area contributed by atoms with Gasteiger partial charge in [0, 0.05) is 19.4 Å². The fourth-order valence-corrected chi connectivity index (χ4v) is 2.19. The fourth-order valence-electron chi connectivity index (χ4n) is 1.58. The van der Waals surface area contributed by atoms with Crippen LogP contribution in [0.5, 0.6) is 0 Å². The number of aryl methyl sites for hydroxylation is 2. The minimum absolute atomic E-state index is 0.151. The second-order valence-corrected chi connectivity index (χ2v) is 4.92. The first-order valence-electron chi connectivity index (χ1n) is 5.31. The molecule has 0 aliphatic rings. The van der Waals surface area contributed by atoms with Gasteiger partial charge in [-0.2, -0.15) is 0 Å². The quantitative estimate of drug-likeness (QED) is 0.676. The number of imidazole rings is 1. The van der Waals surface area contributed by atoms with Gasteiger partial charge < -0.3 is 15.4 Å². The van der Waals surface area contributed by atoms with Crippen molar-refractivity contribution in [3.8, 4) is 0 Å². The van der Waals surface area contributed by atoms with E-state index in [2.05, 4.69) is 15.3 Å². The van der Waals surface area contributed by atoms with E-state index in [1.54, 1.807) is 29.9 Å². The van der Waals surface area contributed by atoms with E-state index in [0.717, 1.165) is 10.7 Å². The third kappa shape index (κ3) is 2.33. The topological polar surface area (TPSA) is 85.9 Å². The molecule has 2 rings (SSSR count). The summed E-state index contributed by atoms with van der Waals surface area (Å²) >= 11 is 1.55. The van der Waals surface area contributed by atoms with Crippen LogP contribution in [0.2, 0.25) is 0 Å². The van der Waals surface area contributed by atoms with Crippen LogP contribution < -0.4 is 5.32 Å². The van der Waals surface area contributed by atoms with Crippen LogP contribution >= 0.6 is 11.3 Å². The number of nitrogens with zero attached hydrogens (tertiary/aromatic N) is 4. The minimum atomic E-state index is -0.484. The molecule has 7 nitrogen and oxygen atoms in total. The predicted molar refractivity (Wildman–Crippen MR) is 68.8 cm³/mol. The maximum atomic E-state index is 10.9. The lowest BCUT2D eigenvalue weighted by Gasteiger charge is -2.04. The van der Waals surface area contributed by atoms with Crippen LogP contribution in [0.15, 0.2) is 5.38 Å². The van der Waals surface area contributed by atoms with E-state index in [0.29, 0.717) is 18.2 Å². The third-order valence-electron chi connectivity index (χ3n) is 2.58. The van der Waals surface area contributed by atoms with E-state index >= 15 is 0 Å². The molecule has 0 amide bonds. The molecule has 0 aliphatic heterocycles. The molecular formula is C10H13N5O2S. The van der Waals surface area contributed by atoms with Crippen molar-refractivity contribution < 1.29 is 4.92 Å². The van der Waals surface area contributed by atoms with Crippen LogP contribution in [0.1, 0.15) is 16.5 Å². The highest BCUT2D eigenvalue weighted by Gasteiger charge is 2.23. The molecule has 18 heavy (non-hydrogen) atoms. The Hall–Kier alpha value is -1.96. The Labute approximate surface area is 108 Å². The summed E-state index contributed by atoms with van der Waals surface area (Å²) < 4.78 is 1.66. The second-order valence-electron chi connectivity index (χ2n) is 3.86. The average molecular weight is 267 g/mol. The Morgan fingerprint density at radius 2 is 2.22 bits per heavy atom. The Balaban J connectivity index is 2.20. The Kier molecular flexibility index (Phi) is 3.28. The van der Waals surface area contributed by atoms with Crippen molar-refractivity contribution in [2.24, 2.45) is 7.05 Å². The number of anilines is 1. The van der Waals surface area contributed by atoms with Crippen LogP contribution in [0.25, 0.3) is 0 Å². The van der Waals surface area contributed by atoms with Gasteiger partial charge in [0.25, 0.3) is 0 Å². The van der Waals surface area contributed by atoms with Gasteiger partial charge in [0.2, 0.25) is 11.6 Å². The molecule has 2 heterocycles. The molecule has 0 aliphatic carbocycles. The van der Waals surface area contributed by atoms with Crippen LogP contribution in [0, 0.1) is 24.0 Å². The molecule has 0 atom stereocenters. The first-order chi connectivity index (χ1) is 8.49. The highest BCUT2D eigenvalue weighted by Crippen LogP contribution is 2.24. The number of aromatic nitrogens is 3. The van der Waals surface area contributed by atoms with Crippen LogP contribution in [0.3, 0.4) is 0 Å². The van der Waals surface area contributed by atoms with Gasteiger partial charge in [-0.25, -0.2) is 4.98 Å². The summed E-state index contributed by atoms with van der Waals surface area (Å²) in [5, 5.41) is 16.8. The van der Waals surface area contributed by atoms with Gasteiger partial charge in [0.05, 0.1) is 17.2 Å². The van der Waals surface area contributed by atoms with Gasteiger partial charge in [-0.3, -0.25) is 4.57 Å². The van der Waals surface area contributed by atoms with Gasteiger partial charge in [-0.05, 0) is 16.8 Å². The lowest BCUT2D eigenvalue weighted by Crippen LogP contribution is -2.06. The average Bonchev–Trinajstić information content (AvgIpc) is 2.83. The molecule has 0 unspecified atom stereocenters. The number of hydrogen-bond acceptors (Lipinski definition) is 6. The summed E-state index contributed by atoms with van der Waals surface area (Å²) in [5.41, 5.74) is 0.866. The first-order valence-corrected chi connectivity index (χ1v) is 6.19. The Bertz CT molecular complexity index is 589. The summed E-state index contributed by atoms with van der Waals surface area (Å²) in [4.78, 5) is 18.6. The van der Waals surface area contributed by atoms with Gasteiger partial charge in [-0.1, -0.05) is 0 Å². The number of thiazole rings is 1. The van der Waals surface area contributed by atoms with E-state index in [9.17, 15) is 10.1 Å². The summed E-state index contributed by atoms with van der Waals surface area (Å²) in [6.07, 6.45) is 0. The van der Waals surface area contributed by atoms with Gasteiger partial charge >= 0.3 is 5.82 Å². The zero-order valence-corrected chi connectivity index (χ0v) is 11.1. The molecule has 0 radical (unpaired) electrons. The third-order valence-corrected chi connectivity index (χ3v) is 3.40. The molecule has 96 valence electrons. The summed E-state index contributed by atoms with van der Waals surface area (Å²) in [6.45, 7) is 4.10. The molecule has 2 aromatic heterocycles. The summed E-state index contributed by atoms with van der Waals surface area (Å²) in [5.74, 6) is 0.851. The monoisotopic (exact) mass is 267 g/mol. The lowest BCUT2D eigenvalue weighted by atomic mass is 10.4. The normalized spacial score (nSPS) is 10.6. The molecule has 2 aromatic rings. The van der Waals surface area contributed by atoms with Crippen molar-refractivity contribution in [1.82, 2.24) is 14.5 Å². The van der Waals surface area contributed by atoms with Gasteiger partial charge in [0.15, 0.2) is 0 Å². The van der Waals surface area contributed by atoms with Crippen molar-refractivity contribution in [3.63, 3.8) is 0 Å². The van der Waals surface area contributed by atoms with Crippen molar-refractivity contribution >= 4 is 23.0 Å². The van der Waals surface area contributed by atoms with Crippen LogP contribution in [-0.2, 0) is 13.6 Å². The number of rotatable bonds is 4. The molecule has 0 saturated heterocycles. The zero-order valence-electron chi connectivity index (χ0n) is 10.3. The zero-order chi connectivity index (χ0) is 13.3. The van der Waals surface area contributed by atoms with Crippen molar-refractivity contribution in [2.75, 3.05) is 5.32 Å². The number of hydrogen-bond donors (Lipinski definition) is 1. The van der Waals surface area contributed by atoms with E-state index in [1.807, 2.05) is 12.3 Å². The molecule has 8 heteroatoms. The minimum Gasteiger partial charge on any atom is -0.359 e. The molecule has 1 N–H and O–H groups in total. The fraction of sp³-hybridized carbons (Fsp3) is 0.400. The molecule has 0 aromatic carbocycles. The number of nitrogens with one attached hydrogen (secondary N) is 1. The smallest absolute Gasteiger partial charge is 0.359 e. The van der Waals surface area contributed by atoms with Crippen LogP contribution in [-0.4, -0.2) is 19.5 Å². The summed E-state index contributed by atoms with van der Waals surface area (Å²) in [7, 11) is 1.74. The SMILES string of the molecule is Cc1nc(CNc2c([N+](=O)[O-])nc(C)n2C)cs1. The van der Waals surface area contributed by atoms with Crippen molar-refractivity contribution in [2.45, 2.75) is 20.4 Å². The highest BCUT2D eigenvalue weighted by atomic mass is 32.1. The van der Waals surface area contributed by atoms with E-state index in [-0.39, 0.29) is 5.82 Å². The van der Waals surface area contributed by atoms with E-state index < -0.39 is 4.92 Å².